The number of hydrogen-bond donors (Lipinski definition) is 1. The Bertz CT molecular complexity index is 1130. The van der Waals surface area contributed by atoms with Crippen LogP contribution in [0.5, 0.6) is 0 Å². The van der Waals surface area contributed by atoms with Crippen LogP contribution in [-0.4, -0.2) is 41.2 Å². The molecule has 0 spiro atoms. The summed E-state index contributed by atoms with van der Waals surface area (Å²) in [6, 6.07) is 17.7. The van der Waals surface area contributed by atoms with Crippen LogP contribution in [0.3, 0.4) is 0 Å². The lowest BCUT2D eigenvalue weighted by molar-refractivity contribution is -0.117. The number of aromatic nitrogens is 2. The van der Waals surface area contributed by atoms with Gasteiger partial charge in [-0.2, -0.15) is 5.10 Å². The third kappa shape index (κ3) is 4.40. The van der Waals surface area contributed by atoms with Crippen LogP contribution in [0.2, 0.25) is 0 Å². The highest BCUT2D eigenvalue weighted by molar-refractivity contribution is 9.10. The number of para-hydroxylation sites is 1. The molecule has 1 aliphatic heterocycles. The summed E-state index contributed by atoms with van der Waals surface area (Å²) in [6.45, 7) is 5.20. The number of amides is 1. The predicted molar refractivity (Wildman–Crippen MR) is 126 cm³/mol. The summed E-state index contributed by atoms with van der Waals surface area (Å²) >= 11 is 3.54. The molecule has 2 aromatic carbocycles. The zero-order valence-corrected chi connectivity index (χ0v) is 19.8. The van der Waals surface area contributed by atoms with Gasteiger partial charge in [0.1, 0.15) is 0 Å². The first-order chi connectivity index (χ1) is 15.4. The van der Waals surface area contributed by atoms with Crippen molar-refractivity contribution in [2.75, 3.05) is 19.8 Å². The standard InChI is InChI=1S/C25H26BrN3O3/c1-17-22(18(2)29(28-17)21-9-4-3-5-10-21)23(30)24(31)27-16-25(11-13-32-14-12-25)19-7-6-8-20(26)15-19/h3-10,15H,11-14,16H2,1-2H3,(H,27,31). The molecule has 1 aromatic heterocycles. The van der Waals surface area contributed by atoms with E-state index in [1.54, 1.807) is 11.6 Å². The molecule has 1 fully saturated rings. The first kappa shape index (κ1) is 22.4. The van der Waals surface area contributed by atoms with Crippen molar-refractivity contribution in [3.05, 3.63) is 81.6 Å². The van der Waals surface area contributed by atoms with Crippen molar-refractivity contribution in [2.24, 2.45) is 0 Å². The van der Waals surface area contributed by atoms with Gasteiger partial charge in [-0.15, -0.1) is 0 Å². The highest BCUT2D eigenvalue weighted by Crippen LogP contribution is 2.35. The normalized spacial score (nSPS) is 15.3. The first-order valence-corrected chi connectivity index (χ1v) is 11.5. The Morgan fingerprint density at radius 1 is 1.09 bits per heavy atom. The molecule has 1 N–H and O–H groups in total. The van der Waals surface area contributed by atoms with Crippen molar-refractivity contribution < 1.29 is 14.3 Å². The predicted octanol–water partition coefficient (Wildman–Crippen LogP) is 4.30. The Morgan fingerprint density at radius 2 is 1.81 bits per heavy atom. The minimum absolute atomic E-state index is 0.268. The monoisotopic (exact) mass is 495 g/mol. The fourth-order valence-corrected chi connectivity index (χ4v) is 4.78. The van der Waals surface area contributed by atoms with Crippen molar-refractivity contribution in [3.8, 4) is 5.69 Å². The van der Waals surface area contributed by atoms with Crippen molar-refractivity contribution in [1.82, 2.24) is 15.1 Å². The molecule has 0 radical (unpaired) electrons. The molecule has 0 unspecified atom stereocenters. The van der Waals surface area contributed by atoms with Gasteiger partial charge in [0, 0.05) is 29.6 Å². The van der Waals surface area contributed by atoms with E-state index in [0.717, 1.165) is 28.6 Å². The summed E-state index contributed by atoms with van der Waals surface area (Å²) in [5.74, 6) is -1.16. The van der Waals surface area contributed by atoms with Crippen molar-refractivity contribution in [2.45, 2.75) is 32.1 Å². The molecule has 166 valence electrons. The number of carbonyl (C=O) groups excluding carboxylic acids is 2. The first-order valence-electron chi connectivity index (χ1n) is 10.7. The van der Waals surface area contributed by atoms with Crippen LogP contribution >= 0.6 is 15.9 Å². The van der Waals surface area contributed by atoms with Gasteiger partial charge in [0.05, 0.1) is 22.6 Å². The highest BCUT2D eigenvalue weighted by Gasteiger charge is 2.36. The zero-order valence-electron chi connectivity index (χ0n) is 18.2. The average molecular weight is 496 g/mol. The van der Waals surface area contributed by atoms with Gasteiger partial charge in [-0.05, 0) is 56.5 Å². The number of halogens is 1. The molecule has 6 nitrogen and oxygen atoms in total. The Kier molecular flexibility index (Phi) is 6.58. The van der Waals surface area contributed by atoms with E-state index in [0.29, 0.717) is 36.7 Å². The zero-order chi connectivity index (χ0) is 22.7. The van der Waals surface area contributed by atoms with Gasteiger partial charge in [0.2, 0.25) is 0 Å². The van der Waals surface area contributed by atoms with Gasteiger partial charge in [0.15, 0.2) is 0 Å². The number of ketones is 1. The molecule has 0 aliphatic carbocycles. The molecular formula is C25H26BrN3O3. The number of rotatable bonds is 6. The summed E-state index contributed by atoms with van der Waals surface area (Å²) in [6.07, 6.45) is 1.56. The third-order valence-electron chi connectivity index (χ3n) is 6.20. The fraction of sp³-hybridized carbons (Fsp3) is 0.320. The van der Waals surface area contributed by atoms with Gasteiger partial charge >= 0.3 is 0 Å². The van der Waals surface area contributed by atoms with E-state index < -0.39 is 11.7 Å². The van der Waals surface area contributed by atoms with Crippen LogP contribution in [0.4, 0.5) is 0 Å². The largest absolute Gasteiger partial charge is 0.381 e. The maximum absolute atomic E-state index is 13.1. The van der Waals surface area contributed by atoms with E-state index in [1.807, 2.05) is 49.4 Å². The molecule has 1 aliphatic rings. The fourth-order valence-electron chi connectivity index (χ4n) is 4.38. The molecule has 4 rings (SSSR count). The molecule has 2 heterocycles. The quantitative estimate of drug-likeness (QED) is 0.408. The minimum Gasteiger partial charge on any atom is -0.381 e. The third-order valence-corrected chi connectivity index (χ3v) is 6.69. The van der Waals surface area contributed by atoms with E-state index in [9.17, 15) is 9.59 Å². The van der Waals surface area contributed by atoms with Crippen LogP contribution < -0.4 is 5.32 Å². The van der Waals surface area contributed by atoms with Crippen molar-refractivity contribution in [1.29, 1.82) is 0 Å². The van der Waals surface area contributed by atoms with Gasteiger partial charge in [-0.3, -0.25) is 9.59 Å². The number of nitrogens with zero attached hydrogens (tertiary/aromatic N) is 2. The lowest BCUT2D eigenvalue weighted by atomic mass is 9.74. The number of nitrogens with one attached hydrogen (secondary N) is 1. The summed E-state index contributed by atoms with van der Waals surface area (Å²) in [5, 5.41) is 7.42. The van der Waals surface area contributed by atoms with Crippen LogP contribution in [0.15, 0.2) is 59.1 Å². The van der Waals surface area contributed by atoms with E-state index in [4.69, 9.17) is 4.74 Å². The second kappa shape index (κ2) is 9.38. The number of benzene rings is 2. The topological polar surface area (TPSA) is 73.2 Å². The van der Waals surface area contributed by atoms with E-state index in [-0.39, 0.29) is 5.41 Å². The Labute approximate surface area is 196 Å². The van der Waals surface area contributed by atoms with E-state index >= 15 is 0 Å². The van der Waals surface area contributed by atoms with Gasteiger partial charge in [0.25, 0.3) is 11.7 Å². The highest BCUT2D eigenvalue weighted by atomic mass is 79.9. The van der Waals surface area contributed by atoms with Crippen LogP contribution in [0, 0.1) is 13.8 Å². The lowest BCUT2D eigenvalue weighted by Gasteiger charge is -2.38. The number of Topliss-reactive ketones (excluding diaryl/α,β-unsaturated/α-hetero) is 1. The van der Waals surface area contributed by atoms with E-state index in [2.05, 4.69) is 38.5 Å². The van der Waals surface area contributed by atoms with E-state index in [1.165, 1.54) is 0 Å². The molecular weight excluding hydrogens is 470 g/mol. The van der Waals surface area contributed by atoms with Crippen molar-refractivity contribution >= 4 is 27.6 Å². The molecule has 0 saturated carbocycles. The molecule has 1 saturated heterocycles. The van der Waals surface area contributed by atoms with Crippen LogP contribution in [0.1, 0.15) is 40.2 Å². The number of ether oxygens (including phenoxy) is 1. The summed E-state index contributed by atoms with van der Waals surface area (Å²) in [4.78, 5) is 26.0. The smallest absolute Gasteiger partial charge is 0.292 e. The van der Waals surface area contributed by atoms with Crippen molar-refractivity contribution in [3.63, 3.8) is 0 Å². The Morgan fingerprint density at radius 3 is 2.50 bits per heavy atom. The summed E-state index contributed by atoms with van der Waals surface area (Å²) in [5.41, 5.74) is 3.27. The second-order valence-electron chi connectivity index (χ2n) is 8.21. The Hall–Kier alpha value is -2.77. The SMILES string of the molecule is Cc1nn(-c2ccccc2)c(C)c1C(=O)C(=O)NCC1(c2cccc(Br)c2)CCOCC1. The molecule has 0 atom stereocenters. The van der Waals surface area contributed by atoms with Gasteiger partial charge < -0.3 is 10.1 Å². The average Bonchev–Trinajstić information content (AvgIpc) is 3.12. The maximum Gasteiger partial charge on any atom is 0.292 e. The summed E-state index contributed by atoms with van der Waals surface area (Å²) < 4.78 is 8.27. The molecule has 3 aromatic rings. The Balaban J connectivity index is 1.55. The van der Waals surface area contributed by atoms with Crippen LogP contribution in [0.25, 0.3) is 5.69 Å². The second-order valence-corrected chi connectivity index (χ2v) is 9.12. The summed E-state index contributed by atoms with van der Waals surface area (Å²) in [7, 11) is 0. The number of carbonyl (C=O) groups is 2. The number of hydrogen-bond acceptors (Lipinski definition) is 4. The van der Waals surface area contributed by atoms with Crippen LogP contribution in [-0.2, 0) is 14.9 Å². The molecule has 7 heteroatoms. The minimum atomic E-state index is -0.607. The molecule has 1 amide bonds. The maximum atomic E-state index is 13.1. The molecule has 0 bridgehead atoms. The number of aryl methyl sites for hydroxylation is 1. The van der Waals surface area contributed by atoms with Gasteiger partial charge in [-0.25, -0.2) is 4.68 Å². The lowest BCUT2D eigenvalue weighted by Crippen LogP contribution is -2.46. The van der Waals surface area contributed by atoms with Gasteiger partial charge in [-0.1, -0.05) is 46.3 Å². The molecule has 32 heavy (non-hydrogen) atoms.